The molecule has 0 fully saturated rings. The standard InChI is InChI=1S/C16H24N2/c1-4-16(5-2)17-12-9-13-18(3)14-15-10-7-6-8-11-15/h1,6-8,10-11,16-17H,5,9,12-14H2,2-3H3. The van der Waals surface area contributed by atoms with Crippen LogP contribution in [0.5, 0.6) is 0 Å². The fourth-order valence-corrected chi connectivity index (χ4v) is 1.92. The summed E-state index contributed by atoms with van der Waals surface area (Å²) < 4.78 is 0. The van der Waals surface area contributed by atoms with E-state index < -0.39 is 0 Å². The number of hydrogen-bond acceptors (Lipinski definition) is 2. The second-order valence-corrected chi connectivity index (χ2v) is 4.66. The predicted molar refractivity (Wildman–Crippen MR) is 78.3 cm³/mol. The smallest absolute Gasteiger partial charge is 0.0684 e. The van der Waals surface area contributed by atoms with Gasteiger partial charge < -0.3 is 10.2 Å². The van der Waals surface area contributed by atoms with Crippen LogP contribution in [-0.4, -0.2) is 31.1 Å². The number of hydrogen-bond donors (Lipinski definition) is 1. The van der Waals surface area contributed by atoms with Gasteiger partial charge in [-0.05, 0) is 38.5 Å². The zero-order valence-electron chi connectivity index (χ0n) is 11.5. The van der Waals surface area contributed by atoms with Crippen molar-refractivity contribution >= 4 is 0 Å². The molecular weight excluding hydrogens is 220 g/mol. The summed E-state index contributed by atoms with van der Waals surface area (Å²) in [5.41, 5.74) is 1.36. The lowest BCUT2D eigenvalue weighted by Crippen LogP contribution is -2.30. The van der Waals surface area contributed by atoms with Crippen molar-refractivity contribution in [2.45, 2.75) is 32.4 Å². The van der Waals surface area contributed by atoms with Crippen LogP contribution in [0.4, 0.5) is 0 Å². The lowest BCUT2D eigenvalue weighted by molar-refractivity contribution is 0.318. The Morgan fingerprint density at radius 2 is 2.06 bits per heavy atom. The summed E-state index contributed by atoms with van der Waals surface area (Å²) >= 11 is 0. The molecule has 0 spiro atoms. The first kappa shape index (κ1) is 14.8. The fraction of sp³-hybridized carbons (Fsp3) is 0.500. The lowest BCUT2D eigenvalue weighted by atomic mass is 10.2. The third-order valence-electron chi connectivity index (χ3n) is 3.01. The number of terminal acetylenes is 1. The molecule has 1 rings (SSSR count). The van der Waals surface area contributed by atoms with Gasteiger partial charge in [-0.2, -0.15) is 0 Å². The molecule has 0 amide bonds. The summed E-state index contributed by atoms with van der Waals surface area (Å²) in [6.45, 7) is 5.19. The highest BCUT2D eigenvalue weighted by Crippen LogP contribution is 2.02. The van der Waals surface area contributed by atoms with Crippen molar-refractivity contribution in [3.8, 4) is 12.3 Å². The first-order chi connectivity index (χ1) is 8.76. The van der Waals surface area contributed by atoms with Gasteiger partial charge in [0.2, 0.25) is 0 Å². The third-order valence-corrected chi connectivity index (χ3v) is 3.01. The van der Waals surface area contributed by atoms with Gasteiger partial charge in [0.25, 0.3) is 0 Å². The topological polar surface area (TPSA) is 15.3 Å². The summed E-state index contributed by atoms with van der Waals surface area (Å²) in [5, 5.41) is 3.38. The summed E-state index contributed by atoms with van der Waals surface area (Å²) in [6, 6.07) is 10.8. The van der Waals surface area contributed by atoms with Gasteiger partial charge in [-0.15, -0.1) is 6.42 Å². The van der Waals surface area contributed by atoms with Gasteiger partial charge in [0, 0.05) is 6.54 Å². The minimum Gasteiger partial charge on any atom is -0.304 e. The Morgan fingerprint density at radius 1 is 1.33 bits per heavy atom. The Balaban J connectivity index is 2.14. The van der Waals surface area contributed by atoms with Crippen molar-refractivity contribution in [2.75, 3.05) is 20.1 Å². The zero-order chi connectivity index (χ0) is 13.2. The molecule has 0 radical (unpaired) electrons. The molecule has 1 atom stereocenters. The number of benzene rings is 1. The minimum atomic E-state index is 0.226. The largest absolute Gasteiger partial charge is 0.304 e. The molecule has 0 bridgehead atoms. The van der Waals surface area contributed by atoms with Gasteiger partial charge in [-0.1, -0.05) is 43.2 Å². The van der Waals surface area contributed by atoms with E-state index in [-0.39, 0.29) is 6.04 Å². The maximum Gasteiger partial charge on any atom is 0.0684 e. The van der Waals surface area contributed by atoms with E-state index in [1.165, 1.54) is 5.56 Å². The second kappa shape index (κ2) is 8.74. The maximum absolute atomic E-state index is 5.40. The molecule has 0 aliphatic heterocycles. The van der Waals surface area contributed by atoms with E-state index >= 15 is 0 Å². The Kier molecular flexibility index (Phi) is 7.17. The van der Waals surface area contributed by atoms with Gasteiger partial charge >= 0.3 is 0 Å². The van der Waals surface area contributed by atoms with Gasteiger partial charge in [-0.3, -0.25) is 0 Å². The van der Waals surface area contributed by atoms with Crippen molar-refractivity contribution in [2.24, 2.45) is 0 Å². The fourth-order valence-electron chi connectivity index (χ4n) is 1.92. The van der Waals surface area contributed by atoms with Crippen LogP contribution in [-0.2, 0) is 6.54 Å². The van der Waals surface area contributed by atoms with Crippen LogP contribution in [0.25, 0.3) is 0 Å². The van der Waals surface area contributed by atoms with Crippen molar-refractivity contribution in [1.29, 1.82) is 0 Å². The van der Waals surface area contributed by atoms with E-state index in [9.17, 15) is 0 Å². The van der Waals surface area contributed by atoms with Gasteiger partial charge in [0.05, 0.1) is 6.04 Å². The van der Waals surface area contributed by atoms with Crippen molar-refractivity contribution in [3.63, 3.8) is 0 Å². The molecule has 0 aromatic heterocycles. The van der Waals surface area contributed by atoms with Gasteiger partial charge in [-0.25, -0.2) is 0 Å². The summed E-state index contributed by atoms with van der Waals surface area (Å²) in [6.07, 6.45) is 7.53. The van der Waals surface area contributed by atoms with Crippen LogP contribution in [0.15, 0.2) is 30.3 Å². The lowest BCUT2D eigenvalue weighted by Gasteiger charge is -2.17. The van der Waals surface area contributed by atoms with E-state index in [0.29, 0.717) is 0 Å². The normalized spacial score (nSPS) is 12.3. The Morgan fingerprint density at radius 3 is 2.67 bits per heavy atom. The molecule has 0 saturated carbocycles. The van der Waals surface area contributed by atoms with Crippen LogP contribution < -0.4 is 5.32 Å². The van der Waals surface area contributed by atoms with Gasteiger partial charge in [0.15, 0.2) is 0 Å². The highest BCUT2D eigenvalue weighted by atomic mass is 15.1. The van der Waals surface area contributed by atoms with Crippen LogP contribution in [0.1, 0.15) is 25.3 Å². The van der Waals surface area contributed by atoms with Crippen LogP contribution in [0.2, 0.25) is 0 Å². The molecule has 2 nitrogen and oxygen atoms in total. The Labute approximate surface area is 111 Å². The first-order valence-electron chi connectivity index (χ1n) is 6.68. The second-order valence-electron chi connectivity index (χ2n) is 4.66. The minimum absolute atomic E-state index is 0.226. The van der Waals surface area contributed by atoms with Crippen molar-refractivity contribution < 1.29 is 0 Å². The Bertz CT molecular complexity index is 353. The summed E-state index contributed by atoms with van der Waals surface area (Å²) in [5.74, 6) is 2.75. The monoisotopic (exact) mass is 244 g/mol. The van der Waals surface area contributed by atoms with E-state index in [1.807, 2.05) is 0 Å². The number of nitrogens with zero attached hydrogens (tertiary/aromatic N) is 1. The molecule has 0 aliphatic carbocycles. The molecule has 0 heterocycles. The molecular formula is C16H24N2. The zero-order valence-corrected chi connectivity index (χ0v) is 11.5. The Hall–Kier alpha value is -1.30. The van der Waals surface area contributed by atoms with Crippen molar-refractivity contribution in [3.05, 3.63) is 35.9 Å². The molecule has 1 unspecified atom stereocenters. The summed E-state index contributed by atoms with van der Waals surface area (Å²) in [4.78, 5) is 2.34. The molecule has 0 saturated heterocycles. The molecule has 1 aromatic carbocycles. The van der Waals surface area contributed by atoms with Crippen molar-refractivity contribution in [1.82, 2.24) is 10.2 Å². The molecule has 2 heteroatoms. The van der Waals surface area contributed by atoms with Crippen LogP contribution >= 0.6 is 0 Å². The molecule has 1 N–H and O–H groups in total. The average Bonchev–Trinajstić information content (AvgIpc) is 2.40. The predicted octanol–water partition coefficient (Wildman–Crippen LogP) is 2.51. The number of rotatable bonds is 8. The first-order valence-corrected chi connectivity index (χ1v) is 6.68. The van der Waals surface area contributed by atoms with E-state index in [4.69, 9.17) is 6.42 Å². The molecule has 1 aromatic rings. The molecule has 0 aliphatic rings. The highest BCUT2D eigenvalue weighted by Gasteiger charge is 2.02. The molecule has 18 heavy (non-hydrogen) atoms. The maximum atomic E-state index is 5.40. The molecule has 98 valence electrons. The average molecular weight is 244 g/mol. The summed E-state index contributed by atoms with van der Waals surface area (Å²) in [7, 11) is 2.16. The SMILES string of the molecule is C#CC(CC)NCCCN(C)Cc1ccccc1. The van der Waals surface area contributed by atoms with Crippen LogP contribution in [0, 0.1) is 12.3 Å². The van der Waals surface area contributed by atoms with E-state index in [0.717, 1.165) is 32.5 Å². The third kappa shape index (κ3) is 5.86. The van der Waals surface area contributed by atoms with Gasteiger partial charge in [0.1, 0.15) is 0 Å². The van der Waals surface area contributed by atoms with E-state index in [2.05, 4.69) is 60.4 Å². The van der Waals surface area contributed by atoms with Crippen LogP contribution in [0.3, 0.4) is 0 Å². The van der Waals surface area contributed by atoms with E-state index in [1.54, 1.807) is 0 Å². The number of nitrogens with one attached hydrogen (secondary N) is 1. The highest BCUT2D eigenvalue weighted by molar-refractivity contribution is 5.14. The quantitative estimate of drug-likeness (QED) is 0.558.